The summed E-state index contributed by atoms with van der Waals surface area (Å²) in [6, 6.07) is 6.81. The highest BCUT2D eigenvalue weighted by molar-refractivity contribution is 7.19. The first kappa shape index (κ1) is 18.1. The van der Waals surface area contributed by atoms with Gasteiger partial charge in [-0.15, -0.1) is 11.3 Å². The number of carbonyl (C=O) groups excluding carboxylic acids is 1. The third kappa shape index (κ3) is 2.88. The predicted octanol–water partition coefficient (Wildman–Crippen LogP) is 3.05. The van der Waals surface area contributed by atoms with Gasteiger partial charge in [0.15, 0.2) is 0 Å². The van der Waals surface area contributed by atoms with E-state index in [0.29, 0.717) is 28.2 Å². The second-order valence-electron chi connectivity index (χ2n) is 6.08. The summed E-state index contributed by atoms with van der Waals surface area (Å²) >= 11 is 1.48. The average Bonchev–Trinajstić information content (AvgIpc) is 2.97. The molecule has 3 rings (SSSR count). The van der Waals surface area contributed by atoms with E-state index in [0.717, 1.165) is 16.0 Å². The third-order valence-corrected chi connectivity index (χ3v) is 5.48. The lowest BCUT2D eigenvalue weighted by Gasteiger charge is -2.16. The van der Waals surface area contributed by atoms with Crippen molar-refractivity contribution in [3.05, 3.63) is 45.3 Å². The number of nitrogens with two attached hydrogens (primary N) is 1. The highest BCUT2D eigenvalue weighted by atomic mass is 32.1. The standard InChI is InChI=1S/C19H21N3O3S/c1-5-14-21-18-16(19(24)22(14)10(2)17(20)23)15(11(3)26-18)12-7-6-8-13(9-12)25-4/h6-10H,5H2,1-4H3,(H2,20,23). The molecule has 1 amide bonds. The lowest BCUT2D eigenvalue weighted by atomic mass is 10.0. The molecule has 6 nitrogen and oxygen atoms in total. The van der Waals surface area contributed by atoms with Crippen molar-refractivity contribution in [3.63, 3.8) is 0 Å². The number of aromatic nitrogens is 2. The van der Waals surface area contributed by atoms with E-state index in [1.165, 1.54) is 15.9 Å². The van der Waals surface area contributed by atoms with Gasteiger partial charge in [0.2, 0.25) is 5.91 Å². The van der Waals surface area contributed by atoms with Crippen molar-refractivity contribution in [2.24, 2.45) is 5.73 Å². The molecule has 1 aromatic carbocycles. The highest BCUT2D eigenvalue weighted by Crippen LogP contribution is 2.37. The molecular formula is C19H21N3O3S. The number of aryl methyl sites for hydroxylation is 2. The number of thiophene rings is 1. The van der Waals surface area contributed by atoms with E-state index in [-0.39, 0.29) is 5.56 Å². The van der Waals surface area contributed by atoms with Gasteiger partial charge in [0, 0.05) is 16.9 Å². The van der Waals surface area contributed by atoms with Gasteiger partial charge in [-0.1, -0.05) is 19.1 Å². The summed E-state index contributed by atoms with van der Waals surface area (Å²) in [6.07, 6.45) is 0.536. The molecule has 3 aromatic rings. The van der Waals surface area contributed by atoms with Crippen LogP contribution in [0.25, 0.3) is 21.3 Å². The Morgan fingerprint density at radius 2 is 2.15 bits per heavy atom. The first-order chi connectivity index (χ1) is 12.4. The molecule has 1 atom stereocenters. The number of hydrogen-bond donors (Lipinski definition) is 1. The van der Waals surface area contributed by atoms with E-state index in [9.17, 15) is 9.59 Å². The fourth-order valence-corrected chi connectivity index (χ4v) is 4.17. The number of methoxy groups -OCH3 is 1. The SMILES string of the molecule is CCc1nc2sc(C)c(-c3cccc(OC)c3)c2c(=O)n1C(C)C(N)=O. The van der Waals surface area contributed by atoms with Crippen LogP contribution in [-0.2, 0) is 11.2 Å². The monoisotopic (exact) mass is 371 g/mol. The molecule has 2 N–H and O–H groups in total. The number of benzene rings is 1. The van der Waals surface area contributed by atoms with Crippen LogP contribution in [0.3, 0.4) is 0 Å². The smallest absolute Gasteiger partial charge is 0.263 e. The predicted molar refractivity (Wildman–Crippen MR) is 104 cm³/mol. The lowest BCUT2D eigenvalue weighted by molar-refractivity contribution is -0.120. The summed E-state index contributed by atoms with van der Waals surface area (Å²) in [5.74, 6) is 0.718. The Kier molecular flexibility index (Phi) is 4.82. The van der Waals surface area contributed by atoms with Crippen molar-refractivity contribution in [2.75, 3.05) is 7.11 Å². The molecule has 0 saturated heterocycles. The summed E-state index contributed by atoms with van der Waals surface area (Å²) in [7, 11) is 1.61. The van der Waals surface area contributed by atoms with Crippen molar-refractivity contribution < 1.29 is 9.53 Å². The van der Waals surface area contributed by atoms with Gasteiger partial charge >= 0.3 is 0 Å². The van der Waals surface area contributed by atoms with Crippen LogP contribution in [-0.4, -0.2) is 22.6 Å². The van der Waals surface area contributed by atoms with E-state index >= 15 is 0 Å². The molecule has 7 heteroatoms. The minimum absolute atomic E-state index is 0.236. The Bertz CT molecular complexity index is 1050. The van der Waals surface area contributed by atoms with Crippen LogP contribution in [0.15, 0.2) is 29.1 Å². The zero-order valence-corrected chi connectivity index (χ0v) is 16.0. The third-order valence-electron chi connectivity index (χ3n) is 4.48. The molecule has 0 aliphatic rings. The number of hydrogen-bond acceptors (Lipinski definition) is 5. The van der Waals surface area contributed by atoms with Crippen molar-refractivity contribution in [2.45, 2.75) is 33.2 Å². The van der Waals surface area contributed by atoms with Crippen LogP contribution >= 0.6 is 11.3 Å². The summed E-state index contributed by atoms with van der Waals surface area (Å²) in [5, 5.41) is 0.519. The maximum absolute atomic E-state index is 13.3. The summed E-state index contributed by atoms with van der Waals surface area (Å²) in [5.41, 5.74) is 6.93. The normalized spacial score (nSPS) is 12.3. The largest absolute Gasteiger partial charge is 0.497 e. The van der Waals surface area contributed by atoms with Gasteiger partial charge in [0.1, 0.15) is 22.4 Å². The fraction of sp³-hybridized carbons (Fsp3) is 0.316. The average molecular weight is 371 g/mol. The first-order valence-electron chi connectivity index (χ1n) is 8.37. The quantitative estimate of drug-likeness (QED) is 0.747. The Morgan fingerprint density at radius 3 is 2.77 bits per heavy atom. The second kappa shape index (κ2) is 6.92. The molecule has 0 spiro atoms. The molecule has 0 radical (unpaired) electrons. The van der Waals surface area contributed by atoms with Crippen LogP contribution in [0.5, 0.6) is 5.75 Å². The molecule has 0 bridgehead atoms. The molecule has 26 heavy (non-hydrogen) atoms. The molecule has 0 fully saturated rings. The van der Waals surface area contributed by atoms with Crippen LogP contribution in [0.2, 0.25) is 0 Å². The molecular weight excluding hydrogens is 350 g/mol. The van der Waals surface area contributed by atoms with E-state index in [1.54, 1.807) is 14.0 Å². The number of nitrogens with zero attached hydrogens (tertiary/aromatic N) is 2. The van der Waals surface area contributed by atoms with E-state index in [4.69, 9.17) is 10.5 Å². The molecule has 2 heterocycles. The second-order valence-corrected chi connectivity index (χ2v) is 7.28. The lowest BCUT2D eigenvalue weighted by Crippen LogP contribution is -2.34. The number of fused-ring (bicyclic) bond motifs is 1. The van der Waals surface area contributed by atoms with Crippen molar-refractivity contribution in [3.8, 4) is 16.9 Å². The number of amides is 1. The molecule has 0 saturated carbocycles. The van der Waals surface area contributed by atoms with E-state index in [2.05, 4.69) is 4.98 Å². The molecule has 1 unspecified atom stereocenters. The highest BCUT2D eigenvalue weighted by Gasteiger charge is 2.23. The van der Waals surface area contributed by atoms with E-state index < -0.39 is 11.9 Å². The van der Waals surface area contributed by atoms with Crippen molar-refractivity contribution in [1.29, 1.82) is 0 Å². The molecule has 0 aliphatic heterocycles. The van der Waals surface area contributed by atoms with Crippen molar-refractivity contribution >= 4 is 27.5 Å². The Labute approximate surface area is 155 Å². The van der Waals surface area contributed by atoms with E-state index in [1.807, 2.05) is 38.1 Å². The fourth-order valence-electron chi connectivity index (χ4n) is 3.12. The number of ether oxygens (including phenoxy) is 1. The van der Waals surface area contributed by atoms with Gasteiger partial charge in [-0.3, -0.25) is 14.2 Å². The van der Waals surface area contributed by atoms with Crippen molar-refractivity contribution in [1.82, 2.24) is 9.55 Å². The number of carbonyl (C=O) groups is 1. The first-order valence-corrected chi connectivity index (χ1v) is 9.18. The van der Waals surface area contributed by atoms with Gasteiger partial charge in [-0.2, -0.15) is 0 Å². The van der Waals surface area contributed by atoms with Crippen LogP contribution in [0, 0.1) is 6.92 Å². The Balaban J connectivity index is 2.39. The number of primary amides is 1. The van der Waals surface area contributed by atoms with Gasteiger partial charge in [-0.05, 0) is 31.5 Å². The minimum atomic E-state index is -0.757. The molecule has 2 aromatic heterocycles. The zero-order chi connectivity index (χ0) is 19.0. The Morgan fingerprint density at radius 1 is 1.42 bits per heavy atom. The van der Waals surface area contributed by atoms with Crippen LogP contribution in [0.4, 0.5) is 0 Å². The van der Waals surface area contributed by atoms with Gasteiger partial charge < -0.3 is 10.5 Å². The maximum atomic E-state index is 13.3. The summed E-state index contributed by atoms with van der Waals surface area (Å²) in [4.78, 5) is 31.3. The zero-order valence-electron chi connectivity index (χ0n) is 15.2. The van der Waals surface area contributed by atoms with Gasteiger partial charge in [0.25, 0.3) is 5.56 Å². The number of rotatable bonds is 5. The van der Waals surface area contributed by atoms with Crippen LogP contribution in [0.1, 0.15) is 30.6 Å². The van der Waals surface area contributed by atoms with Crippen LogP contribution < -0.4 is 16.0 Å². The summed E-state index contributed by atoms with van der Waals surface area (Å²) in [6.45, 7) is 5.50. The Hall–Kier alpha value is -2.67. The maximum Gasteiger partial charge on any atom is 0.263 e. The molecule has 0 aliphatic carbocycles. The topological polar surface area (TPSA) is 87.2 Å². The van der Waals surface area contributed by atoms with Gasteiger partial charge in [0.05, 0.1) is 12.5 Å². The molecule has 136 valence electrons. The summed E-state index contributed by atoms with van der Waals surface area (Å²) < 4.78 is 6.73. The minimum Gasteiger partial charge on any atom is -0.497 e. The van der Waals surface area contributed by atoms with Gasteiger partial charge in [-0.25, -0.2) is 4.98 Å².